The van der Waals surface area contributed by atoms with Crippen LogP contribution in [0.25, 0.3) is 0 Å². The zero-order valence-corrected chi connectivity index (χ0v) is 21.1. The van der Waals surface area contributed by atoms with Crippen LogP contribution in [0.4, 0.5) is 0 Å². The lowest BCUT2D eigenvalue weighted by Gasteiger charge is -2.32. The fraction of sp³-hybridized carbons (Fsp3) is 0.172. The van der Waals surface area contributed by atoms with Crippen LogP contribution in [0.5, 0.6) is 0 Å². The highest BCUT2D eigenvalue weighted by Gasteiger charge is 2.53. The summed E-state index contributed by atoms with van der Waals surface area (Å²) in [5.74, 6) is -0.234. The van der Waals surface area contributed by atoms with Gasteiger partial charge in [-0.15, -0.1) is 11.3 Å². The maximum absolute atomic E-state index is 14.1. The molecule has 3 aromatic carbocycles. The molecule has 0 aliphatic rings. The van der Waals surface area contributed by atoms with E-state index < -0.39 is 13.9 Å². The minimum absolute atomic E-state index is 0.0957. The van der Waals surface area contributed by atoms with E-state index in [1.165, 1.54) is 11.3 Å². The lowest BCUT2D eigenvalue weighted by Crippen LogP contribution is -2.41. The molecule has 0 radical (unpaired) electrons. The van der Waals surface area contributed by atoms with Crippen molar-refractivity contribution in [1.29, 1.82) is 0 Å². The zero-order chi connectivity index (χ0) is 24.1. The number of Topliss-reactive ketones (excluding diaryl/α,β-unsaturated/α-hetero) is 2. The Hall–Kier alpha value is -2.91. The van der Waals surface area contributed by atoms with Crippen molar-refractivity contribution in [3.63, 3.8) is 0 Å². The van der Waals surface area contributed by atoms with E-state index in [0.29, 0.717) is 4.88 Å². The van der Waals surface area contributed by atoms with Crippen molar-refractivity contribution < 1.29 is 14.7 Å². The number of hydrogen-bond acceptors (Lipinski definition) is 4. The highest BCUT2D eigenvalue weighted by molar-refractivity contribution is 7.96. The molecular formula is C29H28O3PS+. The standard InChI is InChI=1S/C29H28O3PS/c1-21-20-34-29(28(32)19-30)26(21)18-27(31)22(2)33(23-12-6-3-7-13-23,24-14-8-4-9-15-24)25-16-10-5-11-17-25/h3-17,20,22,30H,18-19H2,1-2H3/q+1. The normalized spacial score (nSPS) is 12.3. The number of ketones is 2. The lowest BCUT2D eigenvalue weighted by molar-refractivity contribution is -0.117. The first-order chi connectivity index (χ1) is 16.5. The minimum Gasteiger partial charge on any atom is -0.388 e. The number of thiophene rings is 1. The van der Waals surface area contributed by atoms with Gasteiger partial charge in [0.2, 0.25) is 0 Å². The van der Waals surface area contributed by atoms with E-state index >= 15 is 0 Å². The van der Waals surface area contributed by atoms with Crippen LogP contribution in [0.2, 0.25) is 0 Å². The van der Waals surface area contributed by atoms with Crippen molar-refractivity contribution in [3.8, 4) is 0 Å². The van der Waals surface area contributed by atoms with Gasteiger partial charge in [0, 0.05) is 6.42 Å². The molecule has 0 saturated heterocycles. The monoisotopic (exact) mass is 487 g/mol. The largest absolute Gasteiger partial charge is 0.388 e. The summed E-state index contributed by atoms with van der Waals surface area (Å²) in [5.41, 5.74) is 1.36. The van der Waals surface area contributed by atoms with Crippen molar-refractivity contribution in [2.45, 2.75) is 25.9 Å². The van der Waals surface area contributed by atoms with Crippen molar-refractivity contribution >= 4 is 46.1 Å². The summed E-state index contributed by atoms with van der Waals surface area (Å²) in [7, 11) is -2.36. The summed E-state index contributed by atoms with van der Waals surface area (Å²) in [6.45, 7) is 3.41. The number of benzene rings is 3. The number of aliphatic hydroxyl groups excluding tert-OH is 1. The average Bonchev–Trinajstić information content (AvgIpc) is 3.25. The predicted octanol–water partition coefficient (Wildman–Crippen LogP) is 4.73. The zero-order valence-electron chi connectivity index (χ0n) is 19.3. The molecule has 1 aromatic heterocycles. The van der Waals surface area contributed by atoms with Crippen LogP contribution in [0.15, 0.2) is 96.4 Å². The Balaban J connectivity index is 1.89. The third-order valence-corrected chi connectivity index (χ3v) is 12.4. The Morgan fingerprint density at radius 3 is 1.68 bits per heavy atom. The number of aliphatic hydroxyl groups is 1. The van der Waals surface area contributed by atoms with Crippen LogP contribution in [0.3, 0.4) is 0 Å². The first-order valence-electron chi connectivity index (χ1n) is 11.3. The lowest BCUT2D eigenvalue weighted by atomic mass is 10.0. The van der Waals surface area contributed by atoms with Crippen molar-refractivity contribution in [3.05, 3.63) is 112 Å². The first kappa shape index (κ1) is 24.2. The highest BCUT2D eigenvalue weighted by atomic mass is 32.1. The van der Waals surface area contributed by atoms with Gasteiger partial charge in [-0.3, -0.25) is 9.59 Å². The van der Waals surface area contributed by atoms with Crippen LogP contribution in [0, 0.1) is 6.92 Å². The molecule has 1 atom stereocenters. The molecule has 1 unspecified atom stereocenters. The molecule has 34 heavy (non-hydrogen) atoms. The molecule has 0 spiro atoms. The van der Waals surface area contributed by atoms with Gasteiger partial charge in [0.1, 0.15) is 35.4 Å². The maximum Gasteiger partial charge on any atom is 0.198 e. The Labute approximate surface area is 205 Å². The van der Waals surface area contributed by atoms with Crippen LogP contribution < -0.4 is 15.9 Å². The molecule has 1 N–H and O–H groups in total. The van der Waals surface area contributed by atoms with E-state index in [4.69, 9.17) is 0 Å². The molecule has 0 aliphatic carbocycles. The molecule has 0 bridgehead atoms. The topological polar surface area (TPSA) is 54.4 Å². The number of carbonyl (C=O) groups excluding carboxylic acids is 2. The molecule has 1 heterocycles. The van der Waals surface area contributed by atoms with Gasteiger partial charge in [0.05, 0.1) is 4.88 Å². The number of carbonyl (C=O) groups is 2. The maximum atomic E-state index is 14.1. The molecular weight excluding hydrogens is 459 g/mol. The first-order valence-corrected chi connectivity index (χ1v) is 14.0. The smallest absolute Gasteiger partial charge is 0.198 e. The van der Waals surface area contributed by atoms with Gasteiger partial charge in [0.25, 0.3) is 0 Å². The molecule has 172 valence electrons. The Morgan fingerprint density at radius 1 is 0.824 bits per heavy atom. The summed E-state index contributed by atoms with van der Waals surface area (Å²) in [6.07, 6.45) is 0.172. The summed E-state index contributed by atoms with van der Waals surface area (Å²) >= 11 is 1.31. The van der Waals surface area contributed by atoms with Gasteiger partial charge in [0.15, 0.2) is 11.6 Å². The Kier molecular flexibility index (Phi) is 7.53. The molecule has 0 aliphatic heterocycles. The van der Waals surface area contributed by atoms with Crippen molar-refractivity contribution in [2.24, 2.45) is 0 Å². The van der Waals surface area contributed by atoms with E-state index in [1.807, 2.05) is 73.8 Å². The third kappa shape index (κ3) is 4.42. The van der Waals surface area contributed by atoms with Gasteiger partial charge in [-0.25, -0.2) is 0 Å². The molecule has 3 nitrogen and oxygen atoms in total. The van der Waals surface area contributed by atoms with Crippen molar-refractivity contribution in [2.75, 3.05) is 6.61 Å². The highest BCUT2D eigenvalue weighted by Crippen LogP contribution is 2.60. The van der Waals surface area contributed by atoms with Gasteiger partial charge >= 0.3 is 0 Å². The molecule has 5 heteroatoms. The van der Waals surface area contributed by atoms with Crippen LogP contribution in [-0.4, -0.2) is 28.9 Å². The molecule has 0 amide bonds. The van der Waals surface area contributed by atoms with Crippen LogP contribution in [0.1, 0.15) is 27.7 Å². The number of hydrogen-bond donors (Lipinski definition) is 1. The van der Waals surface area contributed by atoms with Crippen LogP contribution in [-0.2, 0) is 11.2 Å². The number of rotatable bonds is 9. The second kappa shape index (κ2) is 10.6. The SMILES string of the molecule is Cc1csc(C(=O)CO)c1CC(=O)C(C)[P+](c1ccccc1)(c1ccccc1)c1ccccc1. The molecule has 4 rings (SSSR count). The van der Waals surface area contributed by atoms with E-state index in [2.05, 4.69) is 36.4 Å². The summed E-state index contributed by atoms with van der Waals surface area (Å²) in [4.78, 5) is 26.9. The Bertz CT molecular complexity index is 1170. The average molecular weight is 488 g/mol. The van der Waals surface area contributed by atoms with Crippen LogP contribution >= 0.6 is 18.6 Å². The van der Waals surface area contributed by atoms with E-state index in [9.17, 15) is 14.7 Å². The van der Waals surface area contributed by atoms with E-state index in [-0.39, 0.29) is 23.6 Å². The quantitative estimate of drug-likeness (QED) is 0.274. The fourth-order valence-corrected chi connectivity index (χ4v) is 10.3. The van der Waals surface area contributed by atoms with Gasteiger partial charge < -0.3 is 5.11 Å². The van der Waals surface area contributed by atoms with E-state index in [1.54, 1.807) is 0 Å². The predicted molar refractivity (Wildman–Crippen MR) is 144 cm³/mol. The molecule has 4 aromatic rings. The van der Waals surface area contributed by atoms with Gasteiger partial charge in [-0.1, -0.05) is 54.6 Å². The third-order valence-electron chi connectivity index (χ3n) is 6.39. The fourth-order valence-electron chi connectivity index (χ4n) is 4.64. The second-order valence-corrected chi connectivity index (χ2v) is 13.0. The van der Waals surface area contributed by atoms with Crippen molar-refractivity contribution in [1.82, 2.24) is 0 Å². The van der Waals surface area contributed by atoms with Gasteiger partial charge in [-0.05, 0) is 66.8 Å². The summed E-state index contributed by atoms with van der Waals surface area (Å²) in [6, 6.07) is 31.0. The minimum atomic E-state index is -2.36. The van der Waals surface area contributed by atoms with E-state index in [0.717, 1.165) is 27.0 Å². The summed E-state index contributed by atoms with van der Waals surface area (Å²) in [5, 5.41) is 14.8. The molecule has 0 fully saturated rings. The second-order valence-electron chi connectivity index (χ2n) is 8.36. The molecule has 0 saturated carbocycles. The number of aryl methyl sites for hydroxylation is 1. The summed E-state index contributed by atoms with van der Waals surface area (Å²) < 4.78 is 0. The Morgan fingerprint density at radius 2 is 1.26 bits per heavy atom. The van der Waals surface area contributed by atoms with Gasteiger partial charge in [-0.2, -0.15) is 0 Å².